The zero-order valence-electron chi connectivity index (χ0n) is 10.6. The number of hydrogen-bond acceptors (Lipinski definition) is 2. The Balaban J connectivity index is 2.60. The Hall–Kier alpha value is -1.47. The van der Waals surface area contributed by atoms with Crippen molar-refractivity contribution in [2.45, 2.75) is 25.4 Å². The number of carboxylic acids is 1. The van der Waals surface area contributed by atoms with Crippen molar-refractivity contribution in [1.29, 1.82) is 0 Å². The third kappa shape index (κ3) is 5.35. The molecule has 0 atom stereocenters. The minimum Gasteiger partial charge on any atom is -0.480 e. The van der Waals surface area contributed by atoms with E-state index in [4.69, 9.17) is 5.11 Å². The molecule has 0 aromatic rings. The van der Waals surface area contributed by atoms with Crippen molar-refractivity contribution in [3.63, 3.8) is 0 Å². The van der Waals surface area contributed by atoms with Gasteiger partial charge in [-0.2, -0.15) is 13.2 Å². The molecule has 0 unspecified atom stereocenters. The summed E-state index contributed by atoms with van der Waals surface area (Å²) in [5.41, 5.74) is 0. The van der Waals surface area contributed by atoms with Crippen molar-refractivity contribution in [1.82, 2.24) is 9.80 Å². The lowest BCUT2D eigenvalue weighted by atomic mass is 9.85. The molecule has 110 valence electrons. The van der Waals surface area contributed by atoms with Gasteiger partial charge in [-0.05, 0) is 18.8 Å². The van der Waals surface area contributed by atoms with Gasteiger partial charge in [0, 0.05) is 13.6 Å². The van der Waals surface area contributed by atoms with E-state index in [0.717, 1.165) is 19.3 Å². The minimum absolute atomic E-state index is 0.307. The van der Waals surface area contributed by atoms with Crippen LogP contribution in [0.4, 0.5) is 18.0 Å². The summed E-state index contributed by atoms with van der Waals surface area (Å²) in [5, 5.41) is 8.57. The van der Waals surface area contributed by atoms with Gasteiger partial charge in [0.1, 0.15) is 13.1 Å². The second kappa shape index (κ2) is 6.12. The average Bonchev–Trinajstić information content (AvgIpc) is 2.18. The molecule has 1 saturated carbocycles. The lowest BCUT2D eigenvalue weighted by Gasteiger charge is -2.33. The highest BCUT2D eigenvalue weighted by atomic mass is 19.4. The summed E-state index contributed by atoms with van der Waals surface area (Å²) in [6.07, 6.45) is -1.64. The number of aliphatic carboxylic acids is 1. The monoisotopic (exact) mass is 282 g/mol. The molecule has 0 spiro atoms. The maximum atomic E-state index is 12.3. The Bertz CT molecular complexity index is 343. The predicted molar refractivity (Wildman–Crippen MR) is 60.6 cm³/mol. The standard InChI is InChI=1S/C11H17F3N2O3/c1-15(5-8-3-2-4-8)10(19)16(6-9(17)18)7-11(12,13)14/h8H,2-7H2,1H3,(H,17,18). The van der Waals surface area contributed by atoms with E-state index in [1.807, 2.05) is 0 Å². The van der Waals surface area contributed by atoms with Crippen LogP contribution in [0.2, 0.25) is 0 Å². The number of nitrogens with zero attached hydrogens (tertiary/aromatic N) is 2. The highest BCUT2D eigenvalue weighted by Crippen LogP contribution is 2.27. The van der Waals surface area contributed by atoms with E-state index in [9.17, 15) is 22.8 Å². The van der Waals surface area contributed by atoms with Gasteiger partial charge in [-0.25, -0.2) is 4.79 Å². The number of halogens is 3. The lowest BCUT2D eigenvalue weighted by Crippen LogP contribution is -2.49. The topological polar surface area (TPSA) is 60.9 Å². The van der Waals surface area contributed by atoms with Crippen LogP contribution in [0.5, 0.6) is 0 Å². The number of urea groups is 1. The Morgan fingerprint density at radius 1 is 1.32 bits per heavy atom. The predicted octanol–water partition coefficient (Wildman–Crippen LogP) is 1.79. The highest BCUT2D eigenvalue weighted by molar-refractivity contribution is 5.80. The number of carbonyl (C=O) groups is 2. The van der Waals surface area contributed by atoms with Crippen molar-refractivity contribution in [3.05, 3.63) is 0 Å². The van der Waals surface area contributed by atoms with Crippen LogP contribution >= 0.6 is 0 Å². The molecule has 0 aromatic carbocycles. The number of hydrogen-bond donors (Lipinski definition) is 1. The fourth-order valence-corrected chi connectivity index (χ4v) is 1.95. The van der Waals surface area contributed by atoms with E-state index < -0.39 is 31.3 Å². The van der Waals surface area contributed by atoms with Crippen LogP contribution in [0.3, 0.4) is 0 Å². The minimum atomic E-state index is -4.61. The van der Waals surface area contributed by atoms with Crippen molar-refractivity contribution < 1.29 is 27.9 Å². The van der Waals surface area contributed by atoms with Gasteiger partial charge in [0.05, 0.1) is 0 Å². The molecular weight excluding hydrogens is 265 g/mol. The van der Waals surface area contributed by atoms with Crippen LogP contribution in [0, 0.1) is 5.92 Å². The Morgan fingerprint density at radius 2 is 1.89 bits per heavy atom. The van der Waals surface area contributed by atoms with Crippen LogP contribution < -0.4 is 0 Å². The number of rotatable bonds is 5. The molecule has 5 nitrogen and oxygen atoms in total. The lowest BCUT2D eigenvalue weighted by molar-refractivity contribution is -0.149. The molecule has 0 saturated heterocycles. The third-order valence-corrected chi connectivity index (χ3v) is 3.05. The van der Waals surface area contributed by atoms with Gasteiger partial charge >= 0.3 is 18.2 Å². The maximum absolute atomic E-state index is 12.3. The van der Waals surface area contributed by atoms with Gasteiger partial charge in [-0.1, -0.05) is 6.42 Å². The van der Waals surface area contributed by atoms with Gasteiger partial charge < -0.3 is 14.9 Å². The van der Waals surface area contributed by atoms with E-state index >= 15 is 0 Å². The summed E-state index contributed by atoms with van der Waals surface area (Å²) in [4.78, 5) is 23.8. The smallest absolute Gasteiger partial charge is 0.406 e. The van der Waals surface area contributed by atoms with Crippen LogP contribution in [-0.2, 0) is 4.79 Å². The molecule has 1 aliphatic carbocycles. The first-order valence-corrected chi connectivity index (χ1v) is 5.97. The summed E-state index contributed by atoms with van der Waals surface area (Å²) in [5.74, 6) is -1.15. The van der Waals surface area contributed by atoms with Crippen LogP contribution in [0.15, 0.2) is 0 Å². The first kappa shape index (κ1) is 15.6. The Labute approximate surface area is 109 Å². The Morgan fingerprint density at radius 3 is 2.26 bits per heavy atom. The van der Waals surface area contributed by atoms with Crippen molar-refractivity contribution in [2.24, 2.45) is 5.92 Å². The van der Waals surface area contributed by atoms with E-state index in [-0.39, 0.29) is 0 Å². The average molecular weight is 282 g/mol. The summed E-state index contributed by atoms with van der Waals surface area (Å²) >= 11 is 0. The largest absolute Gasteiger partial charge is 0.480 e. The fourth-order valence-electron chi connectivity index (χ4n) is 1.95. The molecule has 0 heterocycles. The van der Waals surface area contributed by atoms with Crippen molar-refractivity contribution in [3.8, 4) is 0 Å². The highest BCUT2D eigenvalue weighted by Gasteiger charge is 2.35. The molecule has 2 amide bonds. The van der Waals surface area contributed by atoms with Gasteiger partial charge in [-0.3, -0.25) is 4.79 Å². The van der Waals surface area contributed by atoms with Gasteiger partial charge in [0.2, 0.25) is 0 Å². The normalized spacial score (nSPS) is 15.8. The molecule has 1 aliphatic rings. The molecule has 0 aromatic heterocycles. The molecule has 0 aliphatic heterocycles. The second-order valence-corrected chi connectivity index (χ2v) is 4.83. The van der Waals surface area contributed by atoms with Gasteiger partial charge in [0.25, 0.3) is 0 Å². The van der Waals surface area contributed by atoms with Crippen LogP contribution in [-0.4, -0.2) is 59.8 Å². The first-order chi connectivity index (χ1) is 8.69. The number of amides is 2. The van der Waals surface area contributed by atoms with E-state index in [1.54, 1.807) is 0 Å². The Kier molecular flexibility index (Phi) is 5.02. The van der Waals surface area contributed by atoms with E-state index in [2.05, 4.69) is 0 Å². The van der Waals surface area contributed by atoms with Crippen molar-refractivity contribution >= 4 is 12.0 Å². The molecule has 8 heteroatoms. The zero-order valence-corrected chi connectivity index (χ0v) is 10.6. The third-order valence-electron chi connectivity index (χ3n) is 3.05. The summed E-state index contributed by atoms with van der Waals surface area (Å²) in [7, 11) is 1.39. The van der Waals surface area contributed by atoms with Gasteiger partial charge in [0.15, 0.2) is 0 Å². The summed E-state index contributed by atoms with van der Waals surface area (Å²) in [6, 6.07) is -0.897. The SMILES string of the molecule is CN(CC1CCC1)C(=O)N(CC(=O)O)CC(F)(F)F. The number of carboxylic acid groups (broad SMARTS) is 1. The summed E-state index contributed by atoms with van der Waals surface area (Å²) in [6.45, 7) is -2.13. The van der Waals surface area contributed by atoms with Gasteiger partial charge in [-0.15, -0.1) is 0 Å². The van der Waals surface area contributed by atoms with Crippen LogP contribution in [0.25, 0.3) is 0 Å². The first-order valence-electron chi connectivity index (χ1n) is 5.97. The molecule has 0 radical (unpaired) electrons. The van der Waals surface area contributed by atoms with Crippen LogP contribution in [0.1, 0.15) is 19.3 Å². The quantitative estimate of drug-likeness (QED) is 0.836. The molecule has 0 bridgehead atoms. The van der Waals surface area contributed by atoms with E-state index in [0.29, 0.717) is 17.4 Å². The molecule has 1 rings (SSSR count). The van der Waals surface area contributed by atoms with E-state index in [1.165, 1.54) is 11.9 Å². The number of carbonyl (C=O) groups excluding carboxylic acids is 1. The zero-order chi connectivity index (χ0) is 14.6. The molecule has 1 N–H and O–H groups in total. The second-order valence-electron chi connectivity index (χ2n) is 4.83. The fraction of sp³-hybridized carbons (Fsp3) is 0.818. The summed E-state index contributed by atoms with van der Waals surface area (Å²) < 4.78 is 36.9. The van der Waals surface area contributed by atoms with Crippen molar-refractivity contribution in [2.75, 3.05) is 26.7 Å². The molecular formula is C11H17F3N2O3. The number of alkyl halides is 3. The maximum Gasteiger partial charge on any atom is 0.406 e. The molecule has 1 fully saturated rings. The molecule has 19 heavy (non-hydrogen) atoms.